The van der Waals surface area contributed by atoms with E-state index in [1.54, 1.807) is 6.20 Å². The van der Waals surface area contributed by atoms with Gasteiger partial charge in [0.2, 0.25) is 21.6 Å². The smallest absolute Gasteiger partial charge is 0.341 e. The molecule has 14 heteroatoms. The minimum absolute atomic E-state index is 0.0410. The van der Waals surface area contributed by atoms with Gasteiger partial charge >= 0.3 is 5.76 Å². The van der Waals surface area contributed by atoms with Gasteiger partial charge in [-0.1, -0.05) is 0 Å². The second kappa shape index (κ2) is 12.5. The third-order valence-corrected chi connectivity index (χ3v) is 8.89. The first-order valence-electron chi connectivity index (χ1n) is 12.9. The SMILES string of the molecule is Fc1cc(F)cc(Oc2ncc(Br)c3c2CCC3)c1.O=S(=O)(c1cnc(Oc2cc(F)cc(F)c2)c2c1CCC2)C(F)F. The molecule has 0 fully saturated rings. The van der Waals surface area contributed by atoms with Crippen molar-refractivity contribution in [3.8, 4) is 23.3 Å². The highest BCUT2D eigenvalue weighted by molar-refractivity contribution is 9.10. The second-order valence-electron chi connectivity index (χ2n) is 9.68. The van der Waals surface area contributed by atoms with E-state index in [0.717, 1.165) is 65.8 Å². The fourth-order valence-electron chi connectivity index (χ4n) is 4.95. The lowest BCUT2D eigenvalue weighted by Gasteiger charge is -2.13. The van der Waals surface area contributed by atoms with E-state index in [1.807, 2.05) is 0 Å². The van der Waals surface area contributed by atoms with E-state index in [-0.39, 0.29) is 29.4 Å². The first-order valence-corrected chi connectivity index (χ1v) is 15.2. The molecule has 2 aromatic heterocycles. The van der Waals surface area contributed by atoms with E-state index < -0.39 is 43.8 Å². The summed E-state index contributed by atoms with van der Waals surface area (Å²) in [6.45, 7) is 0. The van der Waals surface area contributed by atoms with Gasteiger partial charge in [0.15, 0.2) is 0 Å². The number of alkyl halides is 2. The number of aromatic nitrogens is 2. The summed E-state index contributed by atoms with van der Waals surface area (Å²) >= 11 is 3.45. The Morgan fingerprint density at radius 1 is 0.651 bits per heavy atom. The molecule has 2 aliphatic carbocycles. The number of benzene rings is 2. The van der Waals surface area contributed by atoms with Crippen LogP contribution in [0, 0.1) is 23.3 Å². The molecule has 2 aliphatic rings. The second-order valence-corrected chi connectivity index (χ2v) is 12.4. The summed E-state index contributed by atoms with van der Waals surface area (Å²) in [4.78, 5) is 7.44. The Bertz CT molecular complexity index is 1770. The van der Waals surface area contributed by atoms with Crippen LogP contribution in [0.1, 0.15) is 35.1 Å². The molecule has 0 N–H and O–H groups in total. The van der Waals surface area contributed by atoms with Gasteiger partial charge in [-0.05, 0) is 65.6 Å². The van der Waals surface area contributed by atoms with E-state index in [1.165, 1.54) is 5.56 Å². The Hall–Kier alpha value is -3.65. The Balaban J connectivity index is 0.000000176. The Morgan fingerprint density at radius 2 is 1.07 bits per heavy atom. The maximum Gasteiger partial charge on any atom is 0.341 e. The zero-order valence-electron chi connectivity index (χ0n) is 22.0. The summed E-state index contributed by atoms with van der Waals surface area (Å²) in [6, 6.07) is 5.66. The number of rotatable bonds is 6. The molecule has 0 amide bonds. The zero-order chi connectivity index (χ0) is 30.9. The van der Waals surface area contributed by atoms with Crippen LogP contribution in [-0.4, -0.2) is 24.1 Å². The lowest BCUT2D eigenvalue weighted by Crippen LogP contribution is -2.14. The first kappa shape index (κ1) is 30.8. The van der Waals surface area contributed by atoms with Crippen LogP contribution in [0.25, 0.3) is 0 Å². The molecular formula is C29H21BrF6N2O4S. The van der Waals surface area contributed by atoms with Gasteiger partial charge in [-0.15, -0.1) is 0 Å². The van der Waals surface area contributed by atoms with E-state index in [4.69, 9.17) is 9.47 Å². The first-order chi connectivity index (χ1) is 20.4. The summed E-state index contributed by atoms with van der Waals surface area (Å²) in [5.74, 6) is -6.21. The van der Waals surface area contributed by atoms with Gasteiger partial charge in [0.05, 0.1) is 11.1 Å². The van der Waals surface area contributed by atoms with E-state index in [0.29, 0.717) is 30.4 Å². The number of pyridine rings is 2. The van der Waals surface area contributed by atoms with Crippen LogP contribution in [0.15, 0.2) is 58.2 Å². The summed E-state index contributed by atoms with van der Waals surface area (Å²) in [7, 11) is -4.78. The van der Waals surface area contributed by atoms with E-state index >= 15 is 0 Å². The number of ether oxygens (including phenoxy) is 2. The predicted molar refractivity (Wildman–Crippen MR) is 146 cm³/mol. The van der Waals surface area contributed by atoms with Gasteiger partial charge in [-0.25, -0.2) is 35.9 Å². The monoisotopic (exact) mass is 686 g/mol. The number of nitrogens with zero attached hydrogens (tertiary/aromatic N) is 2. The van der Waals surface area contributed by atoms with Gasteiger partial charge in [-0.3, -0.25) is 0 Å². The lowest BCUT2D eigenvalue weighted by molar-refractivity contribution is 0.234. The molecule has 6 nitrogen and oxygen atoms in total. The van der Waals surface area contributed by atoms with Gasteiger partial charge in [0.1, 0.15) is 34.8 Å². The van der Waals surface area contributed by atoms with E-state index in [2.05, 4.69) is 25.9 Å². The van der Waals surface area contributed by atoms with Crippen molar-refractivity contribution >= 4 is 25.8 Å². The average Bonchev–Trinajstić information content (AvgIpc) is 3.61. The summed E-state index contributed by atoms with van der Waals surface area (Å²) in [5.41, 5.74) is 2.76. The van der Waals surface area contributed by atoms with Crippen LogP contribution in [0.3, 0.4) is 0 Å². The highest BCUT2D eigenvalue weighted by atomic mass is 79.9. The third kappa shape index (κ3) is 6.80. The molecule has 0 spiro atoms. The van der Waals surface area contributed by atoms with Crippen LogP contribution in [-0.2, 0) is 35.5 Å². The topological polar surface area (TPSA) is 78.4 Å². The molecular weight excluding hydrogens is 666 g/mol. The zero-order valence-corrected chi connectivity index (χ0v) is 24.4. The Kier molecular flexibility index (Phi) is 8.97. The Labute approximate surface area is 250 Å². The minimum atomic E-state index is -4.78. The maximum absolute atomic E-state index is 13.2. The van der Waals surface area contributed by atoms with Crippen molar-refractivity contribution in [1.82, 2.24) is 9.97 Å². The molecule has 4 aromatic rings. The molecule has 0 unspecified atom stereocenters. The van der Waals surface area contributed by atoms with Crippen molar-refractivity contribution in [2.75, 3.05) is 0 Å². The highest BCUT2D eigenvalue weighted by Gasteiger charge is 2.33. The minimum Gasteiger partial charge on any atom is -0.439 e. The molecule has 0 aliphatic heterocycles. The van der Waals surface area contributed by atoms with Gasteiger partial charge in [-0.2, -0.15) is 8.78 Å². The van der Waals surface area contributed by atoms with Crippen molar-refractivity contribution in [1.29, 1.82) is 0 Å². The summed E-state index contributed by atoms with van der Waals surface area (Å²) in [6.07, 6.45) is 6.54. The van der Waals surface area contributed by atoms with Crippen LogP contribution in [0.4, 0.5) is 26.3 Å². The fourth-order valence-corrected chi connectivity index (χ4v) is 6.45. The number of hydrogen-bond acceptors (Lipinski definition) is 6. The quantitative estimate of drug-likeness (QED) is 0.191. The molecule has 0 atom stereocenters. The van der Waals surface area contributed by atoms with Gasteiger partial charge in [0, 0.05) is 58.2 Å². The maximum atomic E-state index is 13.2. The molecule has 0 radical (unpaired) electrons. The summed E-state index contributed by atoms with van der Waals surface area (Å²) in [5, 5.41) is 0. The molecule has 0 bridgehead atoms. The molecule has 2 aromatic carbocycles. The summed E-state index contributed by atoms with van der Waals surface area (Å²) < 4.78 is 113. The van der Waals surface area contributed by atoms with Crippen molar-refractivity contribution in [2.45, 2.75) is 49.2 Å². The van der Waals surface area contributed by atoms with Crippen molar-refractivity contribution in [3.63, 3.8) is 0 Å². The Morgan fingerprint density at radius 3 is 1.56 bits per heavy atom. The normalized spacial score (nSPS) is 13.8. The highest BCUT2D eigenvalue weighted by Crippen LogP contribution is 2.38. The predicted octanol–water partition coefficient (Wildman–Crippen LogP) is 8.04. The van der Waals surface area contributed by atoms with Crippen LogP contribution in [0.2, 0.25) is 0 Å². The number of halogens is 7. The molecule has 0 saturated heterocycles. The molecule has 43 heavy (non-hydrogen) atoms. The van der Waals surface area contributed by atoms with Crippen molar-refractivity contribution in [3.05, 3.63) is 98.8 Å². The largest absolute Gasteiger partial charge is 0.439 e. The molecule has 2 heterocycles. The fraction of sp³-hybridized carbons (Fsp3) is 0.241. The number of hydrogen-bond donors (Lipinski definition) is 0. The van der Waals surface area contributed by atoms with Gasteiger partial charge < -0.3 is 9.47 Å². The van der Waals surface area contributed by atoms with Crippen molar-refractivity contribution < 1.29 is 44.2 Å². The number of sulfone groups is 1. The number of fused-ring (bicyclic) bond motifs is 2. The molecule has 6 rings (SSSR count). The third-order valence-electron chi connectivity index (χ3n) is 6.77. The lowest BCUT2D eigenvalue weighted by atomic mass is 10.2. The molecule has 0 saturated carbocycles. The van der Waals surface area contributed by atoms with Gasteiger partial charge in [0.25, 0.3) is 0 Å². The van der Waals surface area contributed by atoms with Crippen molar-refractivity contribution in [2.24, 2.45) is 0 Å². The van der Waals surface area contributed by atoms with E-state index in [9.17, 15) is 34.8 Å². The standard InChI is InChI=1S/C15H11F4NO3S.C14H10BrF2NO/c16-8-4-9(17)6-10(5-8)23-14-12-3-1-2-11(12)13(7-20-14)24(21,22)15(18)19;15-13-7-18-14(12-3-1-2-11(12)13)19-10-5-8(16)4-9(17)6-10/h4-7,15H,1-3H2;4-7H,1-3H2. The molecule has 226 valence electrons. The van der Waals surface area contributed by atoms with Crippen LogP contribution >= 0.6 is 15.9 Å². The van der Waals surface area contributed by atoms with Crippen LogP contribution < -0.4 is 9.47 Å². The van der Waals surface area contributed by atoms with Crippen LogP contribution in [0.5, 0.6) is 23.3 Å². The average molecular weight is 687 g/mol.